The first-order chi connectivity index (χ1) is 14.7. The SMILES string of the molecule is Cc1ccc(CNC(=O)NC(CC(C)C)C(=O)NNC(=O)c2cc(Cl)ccc2Cl)cc1. The highest BCUT2D eigenvalue weighted by Gasteiger charge is 2.23. The van der Waals surface area contributed by atoms with E-state index in [4.69, 9.17) is 23.2 Å². The third-order valence-corrected chi connectivity index (χ3v) is 4.94. The van der Waals surface area contributed by atoms with Crippen LogP contribution in [0.2, 0.25) is 10.0 Å². The van der Waals surface area contributed by atoms with Crippen molar-refractivity contribution in [3.05, 3.63) is 69.2 Å². The zero-order valence-electron chi connectivity index (χ0n) is 17.6. The molecule has 2 aromatic rings. The number of carbonyl (C=O) groups is 3. The summed E-state index contributed by atoms with van der Waals surface area (Å²) in [5, 5.41) is 5.92. The number of carbonyl (C=O) groups excluding carboxylic acids is 3. The van der Waals surface area contributed by atoms with Crippen LogP contribution in [0.1, 0.15) is 41.8 Å². The lowest BCUT2D eigenvalue weighted by atomic mass is 10.0. The Morgan fingerprint density at radius 2 is 1.65 bits per heavy atom. The minimum Gasteiger partial charge on any atom is -0.334 e. The highest BCUT2D eigenvalue weighted by atomic mass is 35.5. The number of hydrogen-bond acceptors (Lipinski definition) is 3. The molecule has 9 heteroatoms. The smallest absolute Gasteiger partial charge is 0.315 e. The summed E-state index contributed by atoms with van der Waals surface area (Å²) in [4.78, 5) is 37.2. The van der Waals surface area contributed by atoms with Crippen LogP contribution in [0, 0.1) is 12.8 Å². The zero-order valence-corrected chi connectivity index (χ0v) is 19.1. The number of urea groups is 1. The summed E-state index contributed by atoms with van der Waals surface area (Å²) in [6.45, 7) is 6.16. The molecule has 0 spiro atoms. The summed E-state index contributed by atoms with van der Waals surface area (Å²) in [7, 11) is 0. The van der Waals surface area contributed by atoms with Gasteiger partial charge in [0, 0.05) is 11.6 Å². The maximum atomic E-state index is 12.6. The van der Waals surface area contributed by atoms with Gasteiger partial charge in [0.25, 0.3) is 11.8 Å². The monoisotopic (exact) mass is 464 g/mol. The summed E-state index contributed by atoms with van der Waals surface area (Å²) >= 11 is 11.9. The van der Waals surface area contributed by atoms with Gasteiger partial charge in [-0.2, -0.15) is 0 Å². The van der Waals surface area contributed by atoms with Crippen LogP contribution in [0.15, 0.2) is 42.5 Å². The van der Waals surface area contributed by atoms with Crippen molar-refractivity contribution in [1.29, 1.82) is 0 Å². The van der Waals surface area contributed by atoms with Crippen LogP contribution >= 0.6 is 23.2 Å². The Morgan fingerprint density at radius 3 is 2.29 bits per heavy atom. The van der Waals surface area contributed by atoms with Gasteiger partial charge in [0.2, 0.25) is 0 Å². The van der Waals surface area contributed by atoms with Crippen LogP contribution in [0.3, 0.4) is 0 Å². The van der Waals surface area contributed by atoms with Gasteiger partial charge >= 0.3 is 6.03 Å². The summed E-state index contributed by atoms with van der Waals surface area (Å²) in [5.74, 6) is -1.04. The van der Waals surface area contributed by atoms with Crippen molar-refractivity contribution in [1.82, 2.24) is 21.5 Å². The highest BCUT2D eigenvalue weighted by molar-refractivity contribution is 6.35. The van der Waals surface area contributed by atoms with E-state index in [9.17, 15) is 14.4 Å². The molecule has 0 heterocycles. The molecule has 31 heavy (non-hydrogen) atoms. The van der Waals surface area contributed by atoms with Crippen LogP contribution in [0.25, 0.3) is 0 Å². The molecule has 0 aliphatic heterocycles. The maximum absolute atomic E-state index is 12.6. The fourth-order valence-electron chi connectivity index (χ4n) is 2.74. The fraction of sp³-hybridized carbons (Fsp3) is 0.318. The molecule has 7 nitrogen and oxygen atoms in total. The fourth-order valence-corrected chi connectivity index (χ4v) is 3.12. The van der Waals surface area contributed by atoms with Gasteiger partial charge < -0.3 is 10.6 Å². The second-order valence-electron chi connectivity index (χ2n) is 7.56. The van der Waals surface area contributed by atoms with Gasteiger partial charge in [-0.1, -0.05) is 66.9 Å². The Kier molecular flexibility index (Phi) is 9.15. The lowest BCUT2D eigenvalue weighted by molar-refractivity contribution is -0.124. The van der Waals surface area contributed by atoms with Gasteiger partial charge in [-0.05, 0) is 43.0 Å². The van der Waals surface area contributed by atoms with Gasteiger partial charge in [0.1, 0.15) is 6.04 Å². The first-order valence-corrected chi connectivity index (χ1v) is 10.6. The lowest BCUT2D eigenvalue weighted by Crippen LogP contribution is -2.54. The molecule has 0 radical (unpaired) electrons. The summed E-state index contributed by atoms with van der Waals surface area (Å²) in [6.07, 6.45) is 0.386. The number of nitrogens with one attached hydrogen (secondary N) is 4. The quantitative estimate of drug-likeness (QED) is 0.466. The highest BCUT2D eigenvalue weighted by Crippen LogP contribution is 2.20. The molecule has 0 saturated carbocycles. The molecule has 4 N–H and O–H groups in total. The second-order valence-corrected chi connectivity index (χ2v) is 8.41. The average molecular weight is 465 g/mol. The van der Waals surface area contributed by atoms with E-state index in [1.54, 1.807) is 6.07 Å². The van der Waals surface area contributed by atoms with E-state index in [0.29, 0.717) is 18.0 Å². The van der Waals surface area contributed by atoms with E-state index in [1.807, 2.05) is 45.0 Å². The van der Waals surface area contributed by atoms with Crippen molar-refractivity contribution < 1.29 is 14.4 Å². The number of halogens is 2. The molecular weight excluding hydrogens is 439 g/mol. The Hall–Kier alpha value is -2.77. The Morgan fingerprint density at radius 1 is 0.968 bits per heavy atom. The van der Waals surface area contributed by atoms with E-state index in [0.717, 1.165) is 11.1 Å². The topological polar surface area (TPSA) is 99.3 Å². The Balaban J connectivity index is 1.93. The van der Waals surface area contributed by atoms with E-state index in [-0.39, 0.29) is 16.5 Å². The summed E-state index contributed by atoms with van der Waals surface area (Å²) < 4.78 is 0. The average Bonchev–Trinajstić information content (AvgIpc) is 2.72. The third-order valence-electron chi connectivity index (χ3n) is 4.37. The van der Waals surface area contributed by atoms with Crippen molar-refractivity contribution in [2.75, 3.05) is 0 Å². The molecule has 0 saturated heterocycles. The van der Waals surface area contributed by atoms with Gasteiger partial charge in [-0.15, -0.1) is 0 Å². The van der Waals surface area contributed by atoms with Crippen molar-refractivity contribution in [3.63, 3.8) is 0 Å². The van der Waals surface area contributed by atoms with E-state index in [2.05, 4.69) is 21.5 Å². The molecule has 2 aromatic carbocycles. The van der Waals surface area contributed by atoms with Crippen molar-refractivity contribution >= 4 is 41.0 Å². The predicted molar refractivity (Wildman–Crippen MR) is 122 cm³/mol. The van der Waals surface area contributed by atoms with Gasteiger partial charge in [0.15, 0.2) is 0 Å². The van der Waals surface area contributed by atoms with Crippen LogP contribution in [0.4, 0.5) is 4.79 Å². The maximum Gasteiger partial charge on any atom is 0.315 e. The molecule has 4 amide bonds. The number of amides is 4. The number of hydrogen-bond donors (Lipinski definition) is 4. The summed E-state index contributed by atoms with van der Waals surface area (Å²) in [6, 6.07) is 10.9. The zero-order chi connectivity index (χ0) is 23.0. The molecule has 0 aromatic heterocycles. The van der Waals surface area contributed by atoms with Crippen molar-refractivity contribution in [3.8, 4) is 0 Å². The Labute approximate surface area is 191 Å². The molecule has 0 aliphatic rings. The number of aryl methyl sites for hydroxylation is 1. The molecule has 1 atom stereocenters. The van der Waals surface area contributed by atoms with Crippen LogP contribution in [-0.2, 0) is 11.3 Å². The van der Waals surface area contributed by atoms with E-state index < -0.39 is 23.9 Å². The van der Waals surface area contributed by atoms with Crippen molar-refractivity contribution in [2.45, 2.75) is 39.8 Å². The number of benzene rings is 2. The molecule has 2 rings (SSSR count). The lowest BCUT2D eigenvalue weighted by Gasteiger charge is -2.20. The number of hydrazine groups is 1. The first-order valence-electron chi connectivity index (χ1n) is 9.81. The van der Waals surface area contributed by atoms with Gasteiger partial charge in [-0.3, -0.25) is 20.4 Å². The normalized spacial score (nSPS) is 11.5. The Bertz CT molecular complexity index is 933. The minimum absolute atomic E-state index is 0.124. The second kappa shape index (κ2) is 11.6. The van der Waals surface area contributed by atoms with Crippen LogP contribution < -0.4 is 21.5 Å². The van der Waals surface area contributed by atoms with Gasteiger partial charge in [-0.25, -0.2) is 4.79 Å². The molecule has 166 valence electrons. The largest absolute Gasteiger partial charge is 0.334 e. The number of rotatable bonds is 7. The van der Waals surface area contributed by atoms with Crippen LogP contribution in [0.5, 0.6) is 0 Å². The molecular formula is C22H26Cl2N4O3. The predicted octanol–water partition coefficient (Wildman–Crippen LogP) is 3.98. The molecule has 0 bridgehead atoms. The van der Waals surface area contributed by atoms with Crippen molar-refractivity contribution in [2.24, 2.45) is 5.92 Å². The molecule has 0 aliphatic carbocycles. The molecule has 1 unspecified atom stereocenters. The minimum atomic E-state index is -0.840. The third kappa shape index (κ3) is 8.11. The van der Waals surface area contributed by atoms with E-state index >= 15 is 0 Å². The van der Waals surface area contributed by atoms with Gasteiger partial charge in [0.05, 0.1) is 10.6 Å². The first kappa shape index (κ1) is 24.5. The summed E-state index contributed by atoms with van der Waals surface area (Å²) in [5.41, 5.74) is 6.83. The standard InChI is InChI=1S/C22H26Cl2N4O3/c1-13(2)10-19(26-22(31)25-12-15-6-4-14(3)5-7-15)21(30)28-27-20(29)17-11-16(23)8-9-18(17)24/h4-9,11,13,19H,10,12H2,1-3H3,(H,27,29)(H,28,30)(H2,25,26,31). The van der Waals surface area contributed by atoms with E-state index in [1.165, 1.54) is 12.1 Å². The molecule has 0 fully saturated rings. The van der Waals surface area contributed by atoms with Crippen LogP contribution in [-0.4, -0.2) is 23.9 Å².